The Morgan fingerprint density at radius 3 is 2.64 bits per heavy atom. The maximum atomic E-state index is 12.8. The smallest absolute Gasteiger partial charge is 0.253 e. The molecule has 1 atom stereocenters. The number of nitrogens with zero attached hydrogens (tertiary/aromatic N) is 3. The maximum Gasteiger partial charge on any atom is 0.253 e. The van der Waals surface area contributed by atoms with Crippen LogP contribution in [0.1, 0.15) is 40.7 Å². The van der Waals surface area contributed by atoms with E-state index in [0.29, 0.717) is 5.92 Å². The summed E-state index contributed by atoms with van der Waals surface area (Å²) in [7, 11) is 0. The Kier molecular flexibility index (Phi) is 5.53. The molecule has 1 aromatic heterocycles. The first kappa shape index (κ1) is 17.7. The highest BCUT2D eigenvalue weighted by Crippen LogP contribution is 2.16. The Hall–Kier alpha value is -2.14. The van der Waals surface area contributed by atoms with E-state index in [1.165, 1.54) is 0 Å². The van der Waals surface area contributed by atoms with Crippen molar-refractivity contribution in [2.45, 2.75) is 33.7 Å². The van der Waals surface area contributed by atoms with Gasteiger partial charge in [-0.15, -0.1) is 0 Å². The molecule has 0 spiro atoms. The first-order valence-corrected chi connectivity index (χ1v) is 9.04. The minimum absolute atomic E-state index is 0.104. The van der Waals surface area contributed by atoms with E-state index in [0.717, 1.165) is 61.8 Å². The summed E-state index contributed by atoms with van der Waals surface area (Å²) in [4.78, 5) is 14.7. The number of carbonyl (C=O) groups is 1. The Labute approximate surface area is 149 Å². The van der Waals surface area contributed by atoms with Crippen molar-refractivity contribution in [1.29, 1.82) is 0 Å². The van der Waals surface area contributed by atoms with Crippen LogP contribution in [0.2, 0.25) is 0 Å². The van der Waals surface area contributed by atoms with Gasteiger partial charge in [-0.05, 0) is 51.0 Å². The number of rotatable bonds is 6. The van der Waals surface area contributed by atoms with Crippen LogP contribution < -0.4 is 0 Å². The molecule has 0 N–H and O–H groups in total. The van der Waals surface area contributed by atoms with Gasteiger partial charge in [0.2, 0.25) is 0 Å². The van der Waals surface area contributed by atoms with E-state index in [1.807, 2.05) is 47.7 Å². The summed E-state index contributed by atoms with van der Waals surface area (Å²) in [5.41, 5.74) is 4.07. The summed E-state index contributed by atoms with van der Waals surface area (Å²) in [6.07, 6.45) is 1.05. The lowest BCUT2D eigenvalue weighted by Gasteiger charge is -2.24. The third kappa shape index (κ3) is 4.28. The topological polar surface area (TPSA) is 47.4 Å². The maximum absolute atomic E-state index is 12.8. The normalized spacial score (nSPS) is 17.0. The molecule has 0 saturated carbocycles. The van der Waals surface area contributed by atoms with Gasteiger partial charge in [-0.2, -0.15) is 5.10 Å². The molecular weight excluding hydrogens is 314 g/mol. The van der Waals surface area contributed by atoms with Crippen LogP contribution in [0.3, 0.4) is 0 Å². The van der Waals surface area contributed by atoms with Gasteiger partial charge >= 0.3 is 0 Å². The van der Waals surface area contributed by atoms with E-state index in [-0.39, 0.29) is 5.91 Å². The monoisotopic (exact) mass is 341 g/mol. The third-order valence-corrected chi connectivity index (χ3v) is 4.81. The number of carbonyl (C=O) groups excluding carboxylic acids is 1. The van der Waals surface area contributed by atoms with Gasteiger partial charge in [-0.25, -0.2) is 0 Å². The minimum atomic E-state index is 0.104. The lowest BCUT2D eigenvalue weighted by Crippen LogP contribution is -2.35. The molecule has 1 aliphatic heterocycles. The number of hydrogen-bond donors (Lipinski definition) is 0. The molecule has 1 saturated heterocycles. The van der Waals surface area contributed by atoms with Crippen molar-refractivity contribution >= 4 is 5.91 Å². The van der Waals surface area contributed by atoms with Crippen LogP contribution in [-0.2, 0) is 11.3 Å². The van der Waals surface area contributed by atoms with Gasteiger partial charge in [-0.1, -0.05) is 12.1 Å². The number of aryl methyl sites for hydroxylation is 2. The van der Waals surface area contributed by atoms with Crippen molar-refractivity contribution in [3.8, 4) is 0 Å². The lowest BCUT2D eigenvalue weighted by molar-refractivity contribution is 0.0731. The molecule has 5 heteroatoms. The Morgan fingerprint density at radius 1 is 1.32 bits per heavy atom. The highest BCUT2D eigenvalue weighted by Gasteiger charge is 2.22. The SMILES string of the molecule is CCN(C[C@H]1CCOC1)C(=O)c1ccc(Cn2nc(C)cc2C)cc1. The van der Waals surface area contributed by atoms with Crippen LogP contribution in [0.15, 0.2) is 30.3 Å². The van der Waals surface area contributed by atoms with E-state index in [9.17, 15) is 4.79 Å². The molecule has 5 nitrogen and oxygen atoms in total. The summed E-state index contributed by atoms with van der Waals surface area (Å²) in [5, 5.41) is 4.49. The quantitative estimate of drug-likeness (QED) is 0.811. The summed E-state index contributed by atoms with van der Waals surface area (Å²) < 4.78 is 7.42. The Morgan fingerprint density at radius 2 is 2.08 bits per heavy atom. The zero-order valence-corrected chi connectivity index (χ0v) is 15.4. The summed E-state index contributed by atoms with van der Waals surface area (Å²) in [6, 6.07) is 9.98. The van der Waals surface area contributed by atoms with Crippen LogP contribution in [0.4, 0.5) is 0 Å². The van der Waals surface area contributed by atoms with E-state index in [1.54, 1.807) is 0 Å². The van der Waals surface area contributed by atoms with Gasteiger partial charge in [0.1, 0.15) is 0 Å². The minimum Gasteiger partial charge on any atom is -0.381 e. The summed E-state index contributed by atoms with van der Waals surface area (Å²) in [6.45, 7) is 9.91. The number of ether oxygens (including phenoxy) is 1. The lowest BCUT2D eigenvalue weighted by atomic mass is 10.1. The van der Waals surface area contributed by atoms with Crippen molar-refractivity contribution in [3.05, 3.63) is 52.8 Å². The molecule has 0 bridgehead atoms. The van der Waals surface area contributed by atoms with Crippen LogP contribution >= 0.6 is 0 Å². The molecule has 1 aliphatic rings. The van der Waals surface area contributed by atoms with Gasteiger partial charge in [0.05, 0.1) is 18.8 Å². The highest BCUT2D eigenvalue weighted by atomic mass is 16.5. The van der Waals surface area contributed by atoms with Gasteiger partial charge in [0.25, 0.3) is 5.91 Å². The average Bonchev–Trinajstić information content (AvgIpc) is 3.22. The van der Waals surface area contributed by atoms with E-state index in [2.05, 4.69) is 18.1 Å². The Balaban J connectivity index is 1.65. The van der Waals surface area contributed by atoms with E-state index in [4.69, 9.17) is 4.74 Å². The second-order valence-electron chi connectivity index (χ2n) is 6.86. The van der Waals surface area contributed by atoms with Crippen molar-refractivity contribution in [1.82, 2.24) is 14.7 Å². The van der Waals surface area contributed by atoms with Gasteiger partial charge in [0, 0.05) is 36.9 Å². The van der Waals surface area contributed by atoms with Crippen LogP contribution in [0, 0.1) is 19.8 Å². The van der Waals surface area contributed by atoms with Gasteiger partial charge in [-0.3, -0.25) is 9.48 Å². The molecule has 3 rings (SSSR count). The van der Waals surface area contributed by atoms with Crippen molar-refractivity contribution in [3.63, 3.8) is 0 Å². The molecule has 0 aliphatic carbocycles. The first-order valence-electron chi connectivity index (χ1n) is 9.04. The molecule has 134 valence electrons. The van der Waals surface area contributed by atoms with E-state index < -0.39 is 0 Å². The van der Waals surface area contributed by atoms with Crippen molar-refractivity contribution in [2.24, 2.45) is 5.92 Å². The standard InChI is InChI=1S/C20H27N3O2/c1-4-22(12-18-9-10-25-14-18)20(24)19-7-5-17(6-8-19)13-23-16(3)11-15(2)21-23/h5-8,11,18H,4,9-10,12-14H2,1-3H3/t18-/m1/s1. The molecule has 25 heavy (non-hydrogen) atoms. The summed E-state index contributed by atoms with van der Waals surface area (Å²) >= 11 is 0. The molecule has 2 aromatic rings. The number of benzene rings is 1. The molecule has 1 aromatic carbocycles. The fourth-order valence-corrected chi connectivity index (χ4v) is 3.34. The third-order valence-electron chi connectivity index (χ3n) is 4.81. The molecular formula is C20H27N3O2. The van der Waals surface area contributed by atoms with Crippen molar-refractivity contribution < 1.29 is 9.53 Å². The van der Waals surface area contributed by atoms with Crippen LogP contribution in [0.5, 0.6) is 0 Å². The largest absolute Gasteiger partial charge is 0.381 e. The van der Waals surface area contributed by atoms with Crippen molar-refractivity contribution in [2.75, 3.05) is 26.3 Å². The first-order chi connectivity index (χ1) is 12.1. The number of aromatic nitrogens is 2. The average molecular weight is 341 g/mol. The van der Waals surface area contributed by atoms with Gasteiger partial charge in [0.15, 0.2) is 0 Å². The number of hydrogen-bond acceptors (Lipinski definition) is 3. The zero-order chi connectivity index (χ0) is 17.8. The fraction of sp³-hybridized carbons (Fsp3) is 0.500. The predicted molar refractivity (Wildman–Crippen MR) is 97.7 cm³/mol. The molecule has 1 amide bonds. The second-order valence-corrected chi connectivity index (χ2v) is 6.86. The molecule has 1 fully saturated rings. The highest BCUT2D eigenvalue weighted by molar-refractivity contribution is 5.94. The number of amides is 1. The fourth-order valence-electron chi connectivity index (χ4n) is 3.34. The molecule has 2 heterocycles. The second kappa shape index (κ2) is 7.83. The molecule has 0 unspecified atom stereocenters. The van der Waals surface area contributed by atoms with Gasteiger partial charge < -0.3 is 9.64 Å². The van der Waals surface area contributed by atoms with E-state index >= 15 is 0 Å². The zero-order valence-electron chi connectivity index (χ0n) is 15.4. The Bertz CT molecular complexity index is 715. The van der Waals surface area contributed by atoms with Crippen LogP contribution in [-0.4, -0.2) is 46.9 Å². The predicted octanol–water partition coefficient (Wildman–Crippen LogP) is 3.05. The van der Waals surface area contributed by atoms with Crippen LogP contribution in [0.25, 0.3) is 0 Å². The summed E-state index contributed by atoms with van der Waals surface area (Å²) in [5.74, 6) is 0.571. The molecule has 0 radical (unpaired) electrons.